The number of halogens is 2. The highest BCUT2D eigenvalue weighted by molar-refractivity contribution is 6.39. The molecular weight excluding hydrogens is 379 g/mol. The van der Waals surface area contributed by atoms with Gasteiger partial charge in [0.2, 0.25) is 0 Å². The minimum absolute atomic E-state index is 0.253. The minimum Gasteiger partial charge on any atom is -0.497 e. The third-order valence-corrected chi connectivity index (χ3v) is 4.14. The molecule has 0 aliphatic carbocycles. The van der Waals surface area contributed by atoms with Gasteiger partial charge in [-0.05, 0) is 36.2 Å². The van der Waals surface area contributed by atoms with Gasteiger partial charge in [0.05, 0.1) is 19.9 Å². The van der Waals surface area contributed by atoms with E-state index in [1.807, 2.05) is 0 Å². The van der Waals surface area contributed by atoms with Crippen LogP contribution < -0.4 is 20.1 Å². The molecule has 0 fully saturated rings. The van der Waals surface area contributed by atoms with E-state index in [-0.39, 0.29) is 6.54 Å². The van der Waals surface area contributed by atoms with Crippen LogP contribution in [0, 0.1) is 0 Å². The number of ether oxygens (including phenoxy) is 2. The number of amides is 2. The lowest BCUT2D eigenvalue weighted by molar-refractivity contribution is -0.136. The average Bonchev–Trinajstić information content (AvgIpc) is 2.63. The Kier molecular flexibility index (Phi) is 7.12. The first-order valence-corrected chi connectivity index (χ1v) is 8.45. The summed E-state index contributed by atoms with van der Waals surface area (Å²) in [7, 11) is 2.97. The summed E-state index contributed by atoms with van der Waals surface area (Å²) in [6, 6.07) is 10.0. The molecule has 26 heavy (non-hydrogen) atoms. The predicted molar refractivity (Wildman–Crippen MR) is 101 cm³/mol. The summed E-state index contributed by atoms with van der Waals surface area (Å²) in [6.45, 7) is 0.253. The molecule has 2 amide bonds. The number of nitrogens with one attached hydrogen (secondary N) is 2. The van der Waals surface area contributed by atoms with Crippen LogP contribution in [0.15, 0.2) is 36.4 Å². The summed E-state index contributed by atoms with van der Waals surface area (Å²) in [5.41, 5.74) is 1.17. The Morgan fingerprint density at radius 3 is 2.42 bits per heavy atom. The third-order valence-electron chi connectivity index (χ3n) is 3.56. The maximum atomic E-state index is 12.1. The third kappa shape index (κ3) is 5.28. The number of benzene rings is 2. The van der Waals surface area contributed by atoms with Gasteiger partial charge in [-0.25, -0.2) is 0 Å². The Hall–Kier alpha value is -2.44. The molecule has 0 heterocycles. The normalized spacial score (nSPS) is 10.2. The van der Waals surface area contributed by atoms with E-state index < -0.39 is 11.8 Å². The number of rotatable bonds is 6. The molecule has 6 nitrogen and oxygen atoms in total. The second kappa shape index (κ2) is 9.31. The number of methoxy groups -OCH3 is 2. The van der Waals surface area contributed by atoms with Crippen molar-refractivity contribution in [2.24, 2.45) is 0 Å². The van der Waals surface area contributed by atoms with Crippen LogP contribution in [0.25, 0.3) is 0 Å². The summed E-state index contributed by atoms with van der Waals surface area (Å²) in [5.74, 6) is -0.627. The molecule has 2 rings (SSSR count). The Morgan fingerprint density at radius 1 is 1.00 bits per heavy atom. The van der Waals surface area contributed by atoms with Crippen LogP contribution in [0.4, 0.5) is 5.69 Å². The molecule has 0 spiro atoms. The number of carbonyl (C=O) groups is 2. The summed E-state index contributed by atoms with van der Waals surface area (Å²) < 4.78 is 10.3. The van der Waals surface area contributed by atoms with Crippen molar-refractivity contribution in [3.63, 3.8) is 0 Å². The summed E-state index contributed by atoms with van der Waals surface area (Å²) in [5, 5.41) is 6.10. The van der Waals surface area contributed by atoms with E-state index in [0.29, 0.717) is 33.7 Å². The van der Waals surface area contributed by atoms with E-state index in [4.69, 9.17) is 32.7 Å². The average molecular weight is 397 g/mol. The molecule has 0 unspecified atom stereocenters. The molecule has 138 valence electrons. The Morgan fingerprint density at radius 2 is 1.77 bits per heavy atom. The summed E-state index contributed by atoms with van der Waals surface area (Å²) in [4.78, 5) is 24.1. The van der Waals surface area contributed by atoms with Crippen LogP contribution in [0.2, 0.25) is 10.0 Å². The number of carbonyl (C=O) groups excluding carboxylic acids is 2. The largest absolute Gasteiger partial charge is 0.497 e. The van der Waals surface area contributed by atoms with Crippen molar-refractivity contribution in [2.45, 2.75) is 6.42 Å². The molecule has 0 atom stereocenters. The molecule has 0 aliphatic heterocycles. The molecular formula is C18H18Cl2N2O4. The first-order valence-electron chi connectivity index (χ1n) is 7.69. The summed E-state index contributed by atoms with van der Waals surface area (Å²) in [6.07, 6.45) is 0.470. The molecule has 0 radical (unpaired) electrons. The van der Waals surface area contributed by atoms with Crippen molar-refractivity contribution in [3.8, 4) is 11.5 Å². The fourth-order valence-corrected chi connectivity index (χ4v) is 2.71. The molecule has 0 saturated carbocycles. The zero-order valence-electron chi connectivity index (χ0n) is 14.3. The number of hydrogen-bond donors (Lipinski definition) is 2. The zero-order valence-corrected chi connectivity index (χ0v) is 15.8. The van der Waals surface area contributed by atoms with E-state index in [9.17, 15) is 9.59 Å². The van der Waals surface area contributed by atoms with Crippen LogP contribution in [-0.2, 0) is 16.0 Å². The van der Waals surface area contributed by atoms with Crippen molar-refractivity contribution in [1.82, 2.24) is 5.32 Å². The standard InChI is InChI=1S/C18H18Cl2N2O4/c1-25-13-5-6-16(26-2)15(10-13)22-18(24)17(23)21-8-7-11-3-4-12(19)9-14(11)20/h3-6,9-10H,7-8H2,1-2H3,(H,21,23)(H,22,24). The molecule has 0 saturated heterocycles. The van der Waals surface area contributed by atoms with Gasteiger partial charge in [-0.3, -0.25) is 9.59 Å². The van der Waals surface area contributed by atoms with Crippen LogP contribution in [0.1, 0.15) is 5.56 Å². The van der Waals surface area contributed by atoms with E-state index in [2.05, 4.69) is 10.6 Å². The number of anilines is 1. The van der Waals surface area contributed by atoms with Crippen LogP contribution in [0.5, 0.6) is 11.5 Å². The SMILES string of the molecule is COc1ccc(OC)c(NC(=O)C(=O)NCCc2ccc(Cl)cc2Cl)c1. The van der Waals surface area contributed by atoms with Gasteiger partial charge in [-0.1, -0.05) is 29.3 Å². The first-order chi connectivity index (χ1) is 12.4. The number of hydrogen-bond acceptors (Lipinski definition) is 4. The van der Waals surface area contributed by atoms with Crippen molar-refractivity contribution in [2.75, 3.05) is 26.1 Å². The monoisotopic (exact) mass is 396 g/mol. The highest BCUT2D eigenvalue weighted by Crippen LogP contribution is 2.28. The van der Waals surface area contributed by atoms with E-state index in [1.165, 1.54) is 14.2 Å². The fraction of sp³-hybridized carbons (Fsp3) is 0.222. The lowest BCUT2D eigenvalue weighted by Crippen LogP contribution is -2.36. The van der Waals surface area contributed by atoms with Crippen molar-refractivity contribution in [3.05, 3.63) is 52.0 Å². The van der Waals surface area contributed by atoms with E-state index in [1.54, 1.807) is 36.4 Å². The van der Waals surface area contributed by atoms with Gasteiger partial charge in [0.1, 0.15) is 11.5 Å². The molecule has 0 bridgehead atoms. The quantitative estimate of drug-likeness (QED) is 0.734. The Labute approximate surface area is 161 Å². The van der Waals surface area contributed by atoms with Crippen LogP contribution in [-0.4, -0.2) is 32.6 Å². The second-order valence-electron chi connectivity index (χ2n) is 5.26. The second-order valence-corrected chi connectivity index (χ2v) is 6.11. The highest BCUT2D eigenvalue weighted by atomic mass is 35.5. The van der Waals surface area contributed by atoms with Crippen LogP contribution in [0.3, 0.4) is 0 Å². The molecule has 2 N–H and O–H groups in total. The minimum atomic E-state index is -0.807. The maximum absolute atomic E-state index is 12.1. The lowest BCUT2D eigenvalue weighted by atomic mass is 10.1. The van der Waals surface area contributed by atoms with Gasteiger partial charge in [-0.2, -0.15) is 0 Å². The van der Waals surface area contributed by atoms with Crippen LogP contribution >= 0.6 is 23.2 Å². The van der Waals surface area contributed by atoms with Gasteiger partial charge in [0, 0.05) is 22.7 Å². The first kappa shape index (κ1) is 19.9. The van der Waals surface area contributed by atoms with Crippen molar-refractivity contribution in [1.29, 1.82) is 0 Å². The van der Waals surface area contributed by atoms with E-state index >= 15 is 0 Å². The van der Waals surface area contributed by atoms with E-state index in [0.717, 1.165) is 5.56 Å². The molecule has 2 aromatic carbocycles. The molecule has 0 aliphatic rings. The Balaban J connectivity index is 1.92. The fourth-order valence-electron chi connectivity index (χ4n) is 2.21. The molecule has 0 aromatic heterocycles. The van der Waals surface area contributed by atoms with Gasteiger partial charge >= 0.3 is 11.8 Å². The van der Waals surface area contributed by atoms with Gasteiger partial charge in [-0.15, -0.1) is 0 Å². The predicted octanol–water partition coefficient (Wildman–Crippen LogP) is 3.31. The highest BCUT2D eigenvalue weighted by Gasteiger charge is 2.16. The smallest absolute Gasteiger partial charge is 0.313 e. The lowest BCUT2D eigenvalue weighted by Gasteiger charge is -2.12. The Bertz CT molecular complexity index is 812. The summed E-state index contributed by atoms with van der Waals surface area (Å²) >= 11 is 11.9. The van der Waals surface area contributed by atoms with Crippen molar-refractivity contribution < 1.29 is 19.1 Å². The van der Waals surface area contributed by atoms with Crippen molar-refractivity contribution >= 4 is 40.7 Å². The zero-order chi connectivity index (χ0) is 19.1. The molecule has 8 heteroatoms. The van der Waals surface area contributed by atoms with Gasteiger partial charge < -0.3 is 20.1 Å². The topological polar surface area (TPSA) is 76.7 Å². The maximum Gasteiger partial charge on any atom is 0.313 e. The molecule has 2 aromatic rings. The van der Waals surface area contributed by atoms with Gasteiger partial charge in [0.25, 0.3) is 0 Å². The van der Waals surface area contributed by atoms with Gasteiger partial charge in [0.15, 0.2) is 0 Å².